The highest BCUT2D eigenvalue weighted by Crippen LogP contribution is 2.22. The van der Waals surface area contributed by atoms with Gasteiger partial charge in [0.2, 0.25) is 15.9 Å². The summed E-state index contributed by atoms with van der Waals surface area (Å²) >= 11 is 0. The van der Waals surface area contributed by atoms with E-state index >= 15 is 0 Å². The van der Waals surface area contributed by atoms with Crippen LogP contribution in [0.25, 0.3) is 6.08 Å². The van der Waals surface area contributed by atoms with Gasteiger partial charge in [-0.1, -0.05) is 12.1 Å². The van der Waals surface area contributed by atoms with Gasteiger partial charge in [0.1, 0.15) is 0 Å². The lowest BCUT2D eigenvalue weighted by Crippen LogP contribution is -2.25. The number of carbonyl (C=O) groups excluding carboxylic acids is 2. The number of benzene rings is 1. The van der Waals surface area contributed by atoms with Crippen molar-refractivity contribution in [3.05, 3.63) is 35.9 Å². The molecule has 8 heteroatoms. The second kappa shape index (κ2) is 9.49. The molecule has 1 aliphatic carbocycles. The van der Waals surface area contributed by atoms with Crippen molar-refractivity contribution < 1.29 is 22.7 Å². The van der Waals surface area contributed by atoms with E-state index in [2.05, 4.69) is 14.8 Å². The van der Waals surface area contributed by atoms with Gasteiger partial charge in [0, 0.05) is 25.1 Å². The first kappa shape index (κ1) is 20.1. The van der Waals surface area contributed by atoms with Crippen LogP contribution in [0.2, 0.25) is 0 Å². The van der Waals surface area contributed by atoms with E-state index in [1.807, 2.05) is 0 Å². The summed E-state index contributed by atoms with van der Waals surface area (Å²) in [5.41, 5.74) is 0.733. The Hall–Kier alpha value is -2.19. The molecule has 0 radical (unpaired) electrons. The van der Waals surface area contributed by atoms with Crippen molar-refractivity contribution in [3.63, 3.8) is 0 Å². The van der Waals surface area contributed by atoms with Crippen LogP contribution in [0, 0.1) is 0 Å². The molecule has 142 valence electrons. The second-order valence-electron chi connectivity index (χ2n) is 6.12. The molecule has 7 nitrogen and oxygen atoms in total. The number of hydrogen-bond donors (Lipinski definition) is 2. The predicted molar refractivity (Wildman–Crippen MR) is 97.7 cm³/mol. The maximum atomic E-state index is 12.1. The molecule has 0 aromatic heterocycles. The van der Waals surface area contributed by atoms with E-state index in [0.29, 0.717) is 25.8 Å². The lowest BCUT2D eigenvalue weighted by Gasteiger charge is -2.05. The summed E-state index contributed by atoms with van der Waals surface area (Å²) in [4.78, 5) is 22.9. The summed E-state index contributed by atoms with van der Waals surface area (Å²) in [6, 6.07) is 6.42. The molecular weight excluding hydrogens is 356 g/mol. The topological polar surface area (TPSA) is 102 Å². The molecule has 26 heavy (non-hydrogen) atoms. The molecular formula is C18H24N2O5S. The van der Waals surface area contributed by atoms with Crippen LogP contribution in [-0.2, 0) is 24.3 Å². The van der Waals surface area contributed by atoms with Gasteiger partial charge in [-0.2, -0.15) is 0 Å². The van der Waals surface area contributed by atoms with Crippen molar-refractivity contribution in [3.8, 4) is 0 Å². The van der Waals surface area contributed by atoms with Gasteiger partial charge in [-0.25, -0.2) is 13.1 Å². The molecule has 1 saturated carbocycles. The van der Waals surface area contributed by atoms with Gasteiger partial charge in [0.05, 0.1) is 12.0 Å². The van der Waals surface area contributed by atoms with Gasteiger partial charge in [-0.15, -0.1) is 0 Å². The standard InChI is InChI=1S/C18H24N2O5S/c1-25-18(22)4-2-3-13-19-17(21)12-7-14-5-10-16(11-6-14)26(23,24)20-15-8-9-15/h5-7,10-12,15,20H,2-4,8-9,13H2,1H3,(H,19,21)/b12-7+. The SMILES string of the molecule is COC(=O)CCCCNC(=O)/C=C/c1ccc(S(=O)(=O)NC2CC2)cc1. The Labute approximate surface area is 153 Å². The van der Waals surface area contributed by atoms with Gasteiger partial charge in [-0.3, -0.25) is 9.59 Å². The minimum absolute atomic E-state index is 0.0656. The minimum Gasteiger partial charge on any atom is -0.469 e. The number of rotatable bonds is 10. The van der Waals surface area contributed by atoms with Crippen molar-refractivity contribution in [1.82, 2.24) is 10.0 Å². The van der Waals surface area contributed by atoms with E-state index in [1.54, 1.807) is 18.2 Å². The molecule has 2 N–H and O–H groups in total. The Morgan fingerprint density at radius 3 is 2.50 bits per heavy atom. The third-order valence-corrected chi connectivity index (χ3v) is 5.39. The molecule has 0 bridgehead atoms. The molecule has 1 aromatic carbocycles. The predicted octanol–water partition coefficient (Wildman–Crippen LogP) is 1.60. The maximum absolute atomic E-state index is 12.1. The van der Waals surface area contributed by atoms with Gasteiger partial charge >= 0.3 is 5.97 Å². The summed E-state index contributed by atoms with van der Waals surface area (Å²) < 4.78 is 31.3. The Bertz CT molecular complexity index is 752. The third-order valence-electron chi connectivity index (χ3n) is 3.85. The Balaban J connectivity index is 1.75. The van der Waals surface area contributed by atoms with Crippen LogP contribution < -0.4 is 10.0 Å². The zero-order chi connectivity index (χ0) is 19.0. The van der Waals surface area contributed by atoms with E-state index < -0.39 is 10.0 Å². The third kappa shape index (κ3) is 6.97. The zero-order valence-corrected chi connectivity index (χ0v) is 15.6. The van der Waals surface area contributed by atoms with E-state index in [-0.39, 0.29) is 22.8 Å². The molecule has 1 fully saturated rings. The molecule has 1 amide bonds. The molecule has 0 spiro atoms. The second-order valence-corrected chi connectivity index (χ2v) is 7.84. The van der Waals surface area contributed by atoms with Crippen molar-refractivity contribution >= 4 is 28.0 Å². The van der Waals surface area contributed by atoms with Crippen LogP contribution >= 0.6 is 0 Å². The number of methoxy groups -OCH3 is 1. The van der Waals surface area contributed by atoms with Crippen LogP contribution in [-0.4, -0.2) is 40.0 Å². The molecule has 1 aliphatic rings. The van der Waals surface area contributed by atoms with E-state index in [4.69, 9.17) is 0 Å². The average Bonchev–Trinajstić information content (AvgIpc) is 3.43. The Morgan fingerprint density at radius 2 is 1.88 bits per heavy atom. The zero-order valence-electron chi connectivity index (χ0n) is 14.7. The summed E-state index contributed by atoms with van der Waals surface area (Å²) in [7, 11) is -2.11. The van der Waals surface area contributed by atoms with E-state index in [1.165, 1.54) is 25.3 Å². The minimum atomic E-state index is -3.46. The summed E-state index contributed by atoms with van der Waals surface area (Å²) in [6.45, 7) is 0.476. The van der Waals surface area contributed by atoms with Crippen molar-refractivity contribution in [2.24, 2.45) is 0 Å². The average molecular weight is 380 g/mol. The quantitative estimate of drug-likeness (QED) is 0.365. The first-order valence-corrected chi connectivity index (χ1v) is 10.0. The molecule has 1 aromatic rings. The first-order chi connectivity index (χ1) is 12.4. The highest BCUT2D eigenvalue weighted by Gasteiger charge is 2.27. The number of ether oxygens (including phenoxy) is 1. The molecule has 0 aliphatic heterocycles. The number of amides is 1. The van der Waals surface area contributed by atoms with Gasteiger partial charge in [0.25, 0.3) is 0 Å². The fourth-order valence-corrected chi connectivity index (χ4v) is 3.49. The summed E-state index contributed by atoms with van der Waals surface area (Å²) in [5, 5.41) is 2.73. The summed E-state index contributed by atoms with van der Waals surface area (Å²) in [6.07, 6.45) is 6.47. The number of sulfonamides is 1. The fourth-order valence-electron chi connectivity index (χ4n) is 2.19. The van der Waals surface area contributed by atoms with Gasteiger partial charge in [0.15, 0.2) is 0 Å². The first-order valence-electron chi connectivity index (χ1n) is 8.56. The highest BCUT2D eigenvalue weighted by atomic mass is 32.2. The molecule has 0 heterocycles. The molecule has 0 unspecified atom stereocenters. The van der Waals surface area contributed by atoms with Crippen LogP contribution in [0.15, 0.2) is 35.2 Å². The number of esters is 1. The smallest absolute Gasteiger partial charge is 0.305 e. The van der Waals surface area contributed by atoms with Gasteiger partial charge < -0.3 is 10.1 Å². The number of nitrogens with one attached hydrogen (secondary N) is 2. The van der Waals surface area contributed by atoms with Crippen LogP contribution in [0.3, 0.4) is 0 Å². The Kier molecular flexibility index (Phi) is 7.35. The van der Waals surface area contributed by atoms with Gasteiger partial charge in [-0.05, 0) is 49.5 Å². The lowest BCUT2D eigenvalue weighted by atomic mass is 10.2. The highest BCUT2D eigenvalue weighted by molar-refractivity contribution is 7.89. The van der Waals surface area contributed by atoms with Crippen LogP contribution in [0.5, 0.6) is 0 Å². The van der Waals surface area contributed by atoms with Crippen LogP contribution in [0.4, 0.5) is 0 Å². The van der Waals surface area contributed by atoms with Crippen molar-refractivity contribution in [2.45, 2.75) is 43.0 Å². The number of unbranched alkanes of at least 4 members (excludes halogenated alkanes) is 1. The van der Waals surface area contributed by atoms with E-state index in [0.717, 1.165) is 18.4 Å². The van der Waals surface area contributed by atoms with Crippen molar-refractivity contribution in [1.29, 1.82) is 0 Å². The largest absolute Gasteiger partial charge is 0.469 e. The normalized spacial score (nSPS) is 14.3. The fraction of sp³-hybridized carbons (Fsp3) is 0.444. The Morgan fingerprint density at radius 1 is 1.19 bits per heavy atom. The summed E-state index contributed by atoms with van der Waals surface area (Å²) in [5.74, 6) is -0.496. The molecule has 0 atom stereocenters. The molecule has 0 saturated heterocycles. The monoisotopic (exact) mass is 380 g/mol. The van der Waals surface area contributed by atoms with Crippen LogP contribution in [0.1, 0.15) is 37.7 Å². The number of hydrogen-bond acceptors (Lipinski definition) is 5. The van der Waals surface area contributed by atoms with E-state index in [9.17, 15) is 18.0 Å². The molecule has 2 rings (SSSR count). The maximum Gasteiger partial charge on any atom is 0.305 e. The lowest BCUT2D eigenvalue weighted by molar-refractivity contribution is -0.140. The van der Waals surface area contributed by atoms with Crippen molar-refractivity contribution in [2.75, 3.05) is 13.7 Å². The number of carbonyl (C=O) groups is 2.